The van der Waals surface area contributed by atoms with Crippen LogP contribution in [0, 0.1) is 13.8 Å². The number of phosphoric acid groups is 1. The van der Waals surface area contributed by atoms with Gasteiger partial charge in [-0.3, -0.25) is 9.05 Å². The first kappa shape index (κ1) is 16.2. The highest BCUT2D eigenvalue weighted by molar-refractivity contribution is 7.49. The number of hydrogen-bond donors (Lipinski definition) is 0. The summed E-state index contributed by atoms with van der Waals surface area (Å²) in [4.78, 5) is 0. The topological polar surface area (TPSA) is 44.8 Å². The molecule has 0 spiro atoms. The van der Waals surface area contributed by atoms with Gasteiger partial charge in [-0.15, -0.1) is 0 Å². The van der Waals surface area contributed by atoms with E-state index >= 15 is 0 Å². The molecule has 0 aliphatic heterocycles. The van der Waals surface area contributed by atoms with Gasteiger partial charge < -0.3 is 4.52 Å². The van der Waals surface area contributed by atoms with E-state index in [0.717, 1.165) is 11.1 Å². The molecule has 0 saturated carbocycles. The second kappa shape index (κ2) is 6.56. The van der Waals surface area contributed by atoms with E-state index in [9.17, 15) is 4.57 Å². The Labute approximate surface area is 115 Å². The zero-order chi connectivity index (χ0) is 14.6. The molecule has 0 heterocycles. The fourth-order valence-corrected chi connectivity index (χ4v) is 3.32. The average molecular weight is 286 g/mol. The summed E-state index contributed by atoms with van der Waals surface area (Å²) in [6.45, 7) is 11.0. The monoisotopic (exact) mass is 286 g/mol. The Morgan fingerprint density at radius 2 is 1.37 bits per heavy atom. The Bertz CT molecular complexity index is 434. The van der Waals surface area contributed by atoms with Gasteiger partial charge in [-0.25, -0.2) is 4.57 Å². The lowest BCUT2D eigenvalue weighted by molar-refractivity contribution is 0.103. The molecule has 0 unspecified atom stereocenters. The van der Waals surface area contributed by atoms with Crippen molar-refractivity contribution >= 4 is 7.82 Å². The van der Waals surface area contributed by atoms with Crippen LogP contribution in [0.15, 0.2) is 18.2 Å². The van der Waals surface area contributed by atoms with Gasteiger partial charge in [-0.1, -0.05) is 18.2 Å². The molecule has 0 N–H and O–H groups in total. The first-order chi connectivity index (χ1) is 8.73. The standard InChI is InChI=1S/C14H23O4P/c1-10(2)16-19(15,17-11(3)4)18-14-12(5)8-7-9-13(14)6/h7-11H,1-6H3. The summed E-state index contributed by atoms with van der Waals surface area (Å²) in [6.07, 6.45) is -0.484. The molecule has 0 aromatic heterocycles. The number of benzene rings is 1. The highest BCUT2D eigenvalue weighted by Crippen LogP contribution is 2.52. The number of phosphoric ester groups is 1. The van der Waals surface area contributed by atoms with Crippen molar-refractivity contribution in [1.82, 2.24) is 0 Å². The van der Waals surface area contributed by atoms with E-state index < -0.39 is 7.82 Å². The summed E-state index contributed by atoms with van der Waals surface area (Å²) in [5.74, 6) is 0.562. The molecular weight excluding hydrogens is 263 g/mol. The minimum Gasteiger partial charge on any atom is -0.403 e. The summed E-state index contributed by atoms with van der Waals surface area (Å²) in [6, 6.07) is 5.73. The van der Waals surface area contributed by atoms with Crippen molar-refractivity contribution in [2.75, 3.05) is 0 Å². The fraction of sp³-hybridized carbons (Fsp3) is 0.571. The maximum Gasteiger partial charge on any atom is 0.530 e. The maximum absolute atomic E-state index is 12.6. The third-order valence-corrected chi connectivity index (χ3v) is 4.06. The van der Waals surface area contributed by atoms with Crippen molar-refractivity contribution in [2.24, 2.45) is 0 Å². The second-order valence-electron chi connectivity index (χ2n) is 5.07. The van der Waals surface area contributed by atoms with Gasteiger partial charge in [0.2, 0.25) is 0 Å². The highest BCUT2D eigenvalue weighted by Gasteiger charge is 2.32. The molecule has 0 bridgehead atoms. The van der Waals surface area contributed by atoms with Crippen molar-refractivity contribution in [3.63, 3.8) is 0 Å². The van der Waals surface area contributed by atoms with E-state index in [2.05, 4.69) is 0 Å². The third kappa shape index (κ3) is 4.98. The summed E-state index contributed by atoms with van der Waals surface area (Å²) >= 11 is 0. The van der Waals surface area contributed by atoms with Crippen LogP contribution in [0.25, 0.3) is 0 Å². The minimum atomic E-state index is -3.61. The van der Waals surface area contributed by atoms with Gasteiger partial charge in [0, 0.05) is 0 Å². The molecule has 108 valence electrons. The summed E-state index contributed by atoms with van der Waals surface area (Å²) in [7, 11) is -3.61. The summed E-state index contributed by atoms with van der Waals surface area (Å²) in [5.41, 5.74) is 1.81. The third-order valence-electron chi connectivity index (χ3n) is 2.29. The molecule has 1 aromatic carbocycles. The molecule has 0 fully saturated rings. The normalized spacial score (nSPS) is 12.2. The molecule has 19 heavy (non-hydrogen) atoms. The van der Waals surface area contributed by atoms with Crippen molar-refractivity contribution in [3.05, 3.63) is 29.3 Å². The first-order valence-electron chi connectivity index (χ1n) is 6.46. The van der Waals surface area contributed by atoms with E-state index in [-0.39, 0.29) is 12.2 Å². The van der Waals surface area contributed by atoms with E-state index in [0.29, 0.717) is 5.75 Å². The van der Waals surface area contributed by atoms with Crippen LogP contribution in [-0.4, -0.2) is 12.2 Å². The fourth-order valence-electron chi connectivity index (χ4n) is 1.64. The smallest absolute Gasteiger partial charge is 0.403 e. The molecule has 1 aromatic rings. The van der Waals surface area contributed by atoms with Crippen LogP contribution >= 0.6 is 7.82 Å². The largest absolute Gasteiger partial charge is 0.530 e. The Morgan fingerprint density at radius 3 is 1.74 bits per heavy atom. The van der Waals surface area contributed by atoms with E-state index in [4.69, 9.17) is 13.6 Å². The van der Waals surface area contributed by atoms with Gasteiger partial charge in [-0.2, -0.15) is 0 Å². The SMILES string of the molecule is Cc1cccc(C)c1OP(=O)(OC(C)C)OC(C)C. The lowest BCUT2D eigenvalue weighted by Gasteiger charge is -2.23. The lowest BCUT2D eigenvalue weighted by Crippen LogP contribution is -2.12. The van der Waals surface area contributed by atoms with Crippen LogP contribution in [0.3, 0.4) is 0 Å². The molecule has 0 amide bonds. The van der Waals surface area contributed by atoms with Crippen LogP contribution in [0.1, 0.15) is 38.8 Å². The van der Waals surface area contributed by atoms with Gasteiger partial charge in [-0.05, 0) is 52.7 Å². The molecule has 1 rings (SSSR count). The average Bonchev–Trinajstić information content (AvgIpc) is 2.21. The minimum absolute atomic E-state index is 0.242. The van der Waals surface area contributed by atoms with Gasteiger partial charge in [0.15, 0.2) is 0 Å². The molecule has 0 saturated heterocycles. The predicted molar refractivity (Wildman–Crippen MR) is 76.6 cm³/mol. The number of rotatable bonds is 6. The molecule has 0 atom stereocenters. The Morgan fingerprint density at radius 1 is 0.947 bits per heavy atom. The summed E-state index contributed by atoms with van der Waals surface area (Å²) < 4.78 is 29.0. The van der Waals surface area contributed by atoms with Crippen molar-refractivity contribution in [3.8, 4) is 5.75 Å². The molecule has 0 aliphatic carbocycles. The predicted octanol–water partition coefficient (Wildman–Crippen LogP) is 4.64. The molecule has 4 nitrogen and oxygen atoms in total. The zero-order valence-electron chi connectivity index (χ0n) is 12.5. The van der Waals surface area contributed by atoms with Crippen LogP contribution in [-0.2, 0) is 13.6 Å². The first-order valence-corrected chi connectivity index (χ1v) is 7.92. The van der Waals surface area contributed by atoms with Crippen LogP contribution in [0.5, 0.6) is 5.75 Å². The second-order valence-corrected chi connectivity index (χ2v) is 6.57. The quantitative estimate of drug-likeness (QED) is 0.714. The Kier molecular flexibility index (Phi) is 5.60. The van der Waals surface area contributed by atoms with Crippen LogP contribution in [0.4, 0.5) is 0 Å². The summed E-state index contributed by atoms with van der Waals surface area (Å²) in [5, 5.41) is 0. The van der Waals surface area contributed by atoms with E-state index in [1.54, 1.807) is 27.7 Å². The van der Waals surface area contributed by atoms with Gasteiger partial charge >= 0.3 is 7.82 Å². The van der Waals surface area contributed by atoms with E-state index in [1.165, 1.54) is 0 Å². The van der Waals surface area contributed by atoms with E-state index in [1.807, 2.05) is 32.0 Å². The molecular formula is C14H23O4P. The lowest BCUT2D eigenvalue weighted by atomic mass is 10.1. The Balaban J connectivity index is 3.04. The van der Waals surface area contributed by atoms with Gasteiger partial charge in [0.05, 0.1) is 12.2 Å². The molecule has 0 aliphatic rings. The Hall–Kier alpha value is -0.830. The number of hydrogen-bond acceptors (Lipinski definition) is 4. The molecule has 0 radical (unpaired) electrons. The van der Waals surface area contributed by atoms with Crippen molar-refractivity contribution in [2.45, 2.75) is 53.8 Å². The molecule has 5 heteroatoms. The van der Waals surface area contributed by atoms with Crippen LogP contribution < -0.4 is 4.52 Å². The number of aryl methyl sites for hydroxylation is 2. The highest BCUT2D eigenvalue weighted by atomic mass is 31.2. The van der Waals surface area contributed by atoms with Crippen molar-refractivity contribution < 1.29 is 18.1 Å². The van der Waals surface area contributed by atoms with Gasteiger partial charge in [0.1, 0.15) is 5.75 Å². The van der Waals surface area contributed by atoms with Gasteiger partial charge in [0.25, 0.3) is 0 Å². The zero-order valence-corrected chi connectivity index (χ0v) is 13.4. The van der Waals surface area contributed by atoms with Crippen molar-refractivity contribution in [1.29, 1.82) is 0 Å². The van der Waals surface area contributed by atoms with Crippen LogP contribution in [0.2, 0.25) is 0 Å². The maximum atomic E-state index is 12.6. The number of para-hydroxylation sites is 1.